The quantitative estimate of drug-likeness (QED) is 0.190. The molecule has 0 amide bonds. The lowest BCUT2D eigenvalue weighted by Crippen LogP contribution is -2.50. The van der Waals surface area contributed by atoms with Gasteiger partial charge >= 0.3 is 29.2 Å². The minimum atomic E-state index is -5.71. The molecule has 2 unspecified atom stereocenters. The van der Waals surface area contributed by atoms with Crippen LogP contribution in [0.4, 0.5) is 0 Å². The number of H-pyrrole nitrogens is 1. The minimum Gasteiger partial charge on any atom is -0.390 e. The Morgan fingerprint density at radius 3 is 2.38 bits per heavy atom. The number of aromatic nitrogens is 2. The van der Waals surface area contributed by atoms with Crippen LogP contribution in [-0.2, 0) is 37.4 Å². The van der Waals surface area contributed by atoms with Crippen LogP contribution in [0.1, 0.15) is 6.42 Å². The molecule has 1 saturated heterocycles. The van der Waals surface area contributed by atoms with Gasteiger partial charge in [-0.3, -0.25) is 24.6 Å². The Morgan fingerprint density at radius 1 is 1.21 bits per heavy atom. The van der Waals surface area contributed by atoms with E-state index in [4.69, 9.17) is 25.2 Å². The first kappa shape index (κ1) is 24.2. The zero-order valence-electron chi connectivity index (χ0n) is 14.0. The third-order valence-electron chi connectivity index (χ3n) is 3.34. The van der Waals surface area contributed by atoms with Gasteiger partial charge in [0.2, 0.25) is 5.85 Å². The van der Waals surface area contributed by atoms with Gasteiger partial charge in [-0.25, -0.2) is 18.5 Å². The molecule has 29 heavy (non-hydrogen) atoms. The van der Waals surface area contributed by atoms with Crippen LogP contribution in [-0.4, -0.2) is 53.0 Å². The Kier molecular flexibility index (Phi) is 6.89. The van der Waals surface area contributed by atoms with Crippen molar-refractivity contribution in [2.75, 3.05) is 6.61 Å². The highest BCUT2D eigenvalue weighted by atomic mass is 31.3. The van der Waals surface area contributed by atoms with E-state index in [9.17, 15) is 33.3 Å². The van der Waals surface area contributed by atoms with E-state index in [0.29, 0.717) is 0 Å². The SMILES string of the molecule is N[C@]1(n2ccc(=O)[nH]c2=O)C[C@H](O)[C@@H](COP(=O)(O)OP(=O)(O)OP(=O)(O)O)O1. The summed E-state index contributed by atoms with van der Waals surface area (Å²) in [5.74, 6) is -1.98. The lowest BCUT2D eigenvalue weighted by Gasteiger charge is -2.26. The molecule has 1 aromatic rings. The van der Waals surface area contributed by atoms with E-state index < -0.39 is 65.8 Å². The number of nitrogens with two attached hydrogens (primary N) is 1. The van der Waals surface area contributed by atoms with Gasteiger partial charge in [-0.1, -0.05) is 0 Å². The van der Waals surface area contributed by atoms with Crippen LogP contribution < -0.4 is 17.0 Å². The molecule has 8 N–H and O–H groups in total. The number of phosphoric acid groups is 3. The standard InChI is InChI=1S/C9H16N3O14P3/c10-9(12-2-1-7(14)11-8(12)15)3-5(13)6(24-9)4-23-28(19,20)26-29(21,22)25-27(16,17)18/h1-2,5-6,13H,3-4,10H2,(H,19,20)(H,21,22)(H,11,14,15)(H2,16,17,18)/t5-,6+,9-/m0/s1. The molecule has 17 nitrogen and oxygen atoms in total. The molecule has 0 aliphatic carbocycles. The first-order chi connectivity index (χ1) is 13.0. The highest BCUT2D eigenvalue weighted by Gasteiger charge is 2.47. The van der Waals surface area contributed by atoms with Gasteiger partial charge in [-0.05, 0) is 0 Å². The maximum atomic E-state index is 11.8. The van der Waals surface area contributed by atoms with E-state index in [1.54, 1.807) is 0 Å². The number of phosphoric ester groups is 1. The average molecular weight is 483 g/mol. The molecule has 0 bridgehead atoms. The number of hydrogen-bond donors (Lipinski definition) is 7. The molecule has 166 valence electrons. The van der Waals surface area contributed by atoms with Gasteiger partial charge < -0.3 is 29.4 Å². The Balaban J connectivity index is 2.06. The van der Waals surface area contributed by atoms with Crippen molar-refractivity contribution in [2.24, 2.45) is 5.73 Å². The van der Waals surface area contributed by atoms with E-state index in [1.807, 2.05) is 4.98 Å². The molecule has 0 spiro atoms. The number of ether oxygens (including phenoxy) is 1. The number of aliphatic hydroxyl groups is 1. The summed E-state index contributed by atoms with van der Waals surface area (Å²) in [7, 11) is -16.7. The van der Waals surface area contributed by atoms with Gasteiger partial charge in [0, 0.05) is 18.7 Å². The molecular weight excluding hydrogens is 467 g/mol. The predicted molar refractivity (Wildman–Crippen MR) is 88.8 cm³/mol. The van der Waals surface area contributed by atoms with Crippen LogP contribution in [0.2, 0.25) is 0 Å². The zero-order chi connectivity index (χ0) is 22.3. The summed E-state index contributed by atoms with van der Waals surface area (Å²) in [6.07, 6.45) is -2.36. The number of nitrogens with one attached hydrogen (secondary N) is 1. The third kappa shape index (κ3) is 6.73. The third-order valence-corrected chi connectivity index (χ3v) is 7.14. The molecule has 1 aromatic heterocycles. The van der Waals surface area contributed by atoms with Crippen molar-refractivity contribution in [2.45, 2.75) is 24.5 Å². The number of hydrogen-bond acceptors (Lipinski definition) is 11. The topological polar surface area (TPSA) is 270 Å². The van der Waals surface area contributed by atoms with Gasteiger partial charge in [-0.15, -0.1) is 0 Å². The second-order valence-corrected chi connectivity index (χ2v) is 10.1. The zero-order valence-corrected chi connectivity index (χ0v) is 16.7. The summed E-state index contributed by atoms with van der Waals surface area (Å²) >= 11 is 0. The average Bonchev–Trinajstić information content (AvgIpc) is 2.76. The fraction of sp³-hybridized carbons (Fsp3) is 0.556. The van der Waals surface area contributed by atoms with E-state index >= 15 is 0 Å². The number of nitrogens with zero attached hydrogens (tertiary/aromatic N) is 1. The van der Waals surface area contributed by atoms with Crippen molar-refractivity contribution >= 4 is 23.5 Å². The number of rotatable bonds is 8. The lowest BCUT2D eigenvalue weighted by molar-refractivity contribution is -0.114. The van der Waals surface area contributed by atoms with Crippen LogP contribution in [0.5, 0.6) is 0 Å². The van der Waals surface area contributed by atoms with Gasteiger partial charge in [0.15, 0.2) is 0 Å². The van der Waals surface area contributed by atoms with Gasteiger partial charge in [-0.2, -0.15) is 8.62 Å². The monoisotopic (exact) mass is 483 g/mol. The first-order valence-electron chi connectivity index (χ1n) is 7.28. The van der Waals surface area contributed by atoms with Crippen molar-refractivity contribution in [3.05, 3.63) is 33.1 Å². The van der Waals surface area contributed by atoms with Crippen LogP contribution >= 0.6 is 23.5 Å². The number of aromatic amines is 1. The van der Waals surface area contributed by atoms with Crippen LogP contribution in [0.3, 0.4) is 0 Å². The summed E-state index contributed by atoms with van der Waals surface area (Å²) < 4.78 is 50.9. The van der Waals surface area contributed by atoms with Crippen LogP contribution in [0.25, 0.3) is 0 Å². The van der Waals surface area contributed by atoms with E-state index in [0.717, 1.165) is 16.8 Å². The second-order valence-electron chi connectivity index (χ2n) is 5.64. The van der Waals surface area contributed by atoms with Gasteiger partial charge in [0.25, 0.3) is 5.56 Å². The molecule has 1 fully saturated rings. The molecule has 2 heterocycles. The Morgan fingerprint density at radius 2 is 1.83 bits per heavy atom. The van der Waals surface area contributed by atoms with Crippen molar-refractivity contribution in [3.8, 4) is 0 Å². The molecule has 0 saturated carbocycles. The second kappa shape index (κ2) is 8.24. The summed E-state index contributed by atoms with van der Waals surface area (Å²) in [6, 6.07) is 0.950. The van der Waals surface area contributed by atoms with E-state index in [2.05, 4.69) is 13.1 Å². The lowest BCUT2D eigenvalue weighted by atomic mass is 10.1. The van der Waals surface area contributed by atoms with Gasteiger partial charge in [0.05, 0.1) is 12.7 Å². The summed E-state index contributed by atoms with van der Waals surface area (Å²) in [5.41, 5.74) is 4.18. The summed E-state index contributed by atoms with van der Waals surface area (Å²) in [6.45, 7) is -0.970. The molecular formula is C9H16N3O14P3. The Bertz CT molecular complexity index is 1020. The largest absolute Gasteiger partial charge is 0.490 e. The molecule has 0 aromatic carbocycles. The van der Waals surface area contributed by atoms with E-state index in [1.165, 1.54) is 0 Å². The molecule has 5 atom stereocenters. The van der Waals surface area contributed by atoms with Crippen molar-refractivity contribution in [3.63, 3.8) is 0 Å². The van der Waals surface area contributed by atoms with Gasteiger partial charge in [0.1, 0.15) is 6.10 Å². The summed E-state index contributed by atoms with van der Waals surface area (Å²) in [5, 5.41) is 10.00. The predicted octanol–water partition coefficient (Wildman–Crippen LogP) is -2.40. The maximum Gasteiger partial charge on any atom is 0.490 e. The molecule has 1 aliphatic heterocycles. The highest BCUT2D eigenvalue weighted by Crippen LogP contribution is 2.66. The minimum absolute atomic E-state index is 0.427. The maximum absolute atomic E-state index is 11.8. The van der Waals surface area contributed by atoms with Crippen molar-refractivity contribution in [1.29, 1.82) is 0 Å². The van der Waals surface area contributed by atoms with E-state index in [-0.39, 0.29) is 0 Å². The van der Waals surface area contributed by atoms with Crippen LogP contribution in [0.15, 0.2) is 21.9 Å². The molecule has 20 heteroatoms. The molecule has 0 radical (unpaired) electrons. The smallest absolute Gasteiger partial charge is 0.390 e. The first-order valence-corrected chi connectivity index (χ1v) is 11.8. The van der Waals surface area contributed by atoms with Crippen molar-refractivity contribution in [1.82, 2.24) is 9.55 Å². The summed E-state index contributed by atoms with van der Waals surface area (Å²) in [4.78, 5) is 60.2. The van der Waals surface area contributed by atoms with Crippen molar-refractivity contribution < 1.29 is 56.3 Å². The van der Waals surface area contributed by atoms with Crippen LogP contribution in [0, 0.1) is 0 Å². The fourth-order valence-corrected chi connectivity index (χ4v) is 5.34. The Labute approximate surface area is 160 Å². The molecule has 1 aliphatic rings. The molecule has 2 rings (SSSR count). The fourth-order valence-electron chi connectivity index (χ4n) is 2.31. The normalized spacial score (nSPS) is 29.3. The number of aliphatic hydroxyl groups excluding tert-OH is 1. The highest BCUT2D eigenvalue weighted by molar-refractivity contribution is 7.66. The Hall–Kier alpha value is -1.03.